The van der Waals surface area contributed by atoms with Crippen LogP contribution in [0.2, 0.25) is 0 Å². The molecule has 110 valence electrons. The number of nitrogens with zero attached hydrogens (tertiary/aromatic N) is 2. The Morgan fingerprint density at radius 2 is 1.55 bits per heavy atom. The Bertz CT molecular complexity index is 509. The Balaban J connectivity index is 2.54. The van der Waals surface area contributed by atoms with Gasteiger partial charge in [-0.3, -0.25) is 4.79 Å². The summed E-state index contributed by atoms with van der Waals surface area (Å²) in [6.07, 6.45) is -10.0. The fraction of sp³-hybridized carbons (Fsp3) is 0.400. The summed E-state index contributed by atoms with van der Waals surface area (Å²) < 4.78 is 75.5. The summed E-state index contributed by atoms with van der Waals surface area (Å²) in [5.41, 5.74) is -3.80. The van der Waals surface area contributed by atoms with Crippen LogP contribution in [-0.2, 0) is 17.1 Å². The molecule has 0 atom stereocenters. The van der Waals surface area contributed by atoms with Crippen LogP contribution in [0.4, 0.5) is 32.0 Å². The predicted molar refractivity (Wildman–Crippen MR) is 59.1 cm³/mol. The Kier molecular flexibility index (Phi) is 3.61. The van der Waals surface area contributed by atoms with E-state index < -0.39 is 35.3 Å². The number of amides is 1. The molecule has 0 N–H and O–H groups in total. The van der Waals surface area contributed by atoms with Crippen LogP contribution >= 0.6 is 11.8 Å². The highest BCUT2D eigenvalue weighted by molar-refractivity contribution is 8.00. The molecule has 0 aromatic carbocycles. The molecule has 1 aromatic heterocycles. The highest BCUT2D eigenvalue weighted by Gasteiger charge is 2.40. The smallest absolute Gasteiger partial charge is 0.302 e. The highest BCUT2D eigenvalue weighted by atomic mass is 32.2. The van der Waals surface area contributed by atoms with Gasteiger partial charge in [-0.1, -0.05) is 0 Å². The number of rotatable bonds is 1. The zero-order valence-corrected chi connectivity index (χ0v) is 10.4. The van der Waals surface area contributed by atoms with Gasteiger partial charge in [-0.2, -0.15) is 26.3 Å². The lowest BCUT2D eigenvalue weighted by Gasteiger charge is -2.18. The van der Waals surface area contributed by atoms with Gasteiger partial charge in [-0.25, -0.2) is 4.98 Å². The second-order valence-corrected chi connectivity index (χ2v) is 4.85. The van der Waals surface area contributed by atoms with Crippen molar-refractivity contribution in [3.8, 4) is 0 Å². The van der Waals surface area contributed by atoms with Gasteiger partial charge < -0.3 is 4.90 Å². The fourth-order valence-corrected chi connectivity index (χ4v) is 2.45. The largest absolute Gasteiger partial charge is 0.433 e. The molecule has 1 aliphatic rings. The van der Waals surface area contributed by atoms with Gasteiger partial charge in [0, 0.05) is 5.69 Å². The van der Waals surface area contributed by atoms with E-state index in [1.54, 1.807) is 0 Å². The van der Waals surface area contributed by atoms with Gasteiger partial charge in [0.15, 0.2) is 0 Å². The maximum Gasteiger partial charge on any atom is 0.433 e. The number of pyridine rings is 1. The molecule has 1 aromatic rings. The topological polar surface area (TPSA) is 33.2 Å². The predicted octanol–water partition coefficient (Wildman–Crippen LogP) is 3.16. The highest BCUT2D eigenvalue weighted by Crippen LogP contribution is 2.37. The van der Waals surface area contributed by atoms with Crippen LogP contribution in [0.3, 0.4) is 0 Å². The first kappa shape index (κ1) is 14.9. The number of alkyl halides is 6. The van der Waals surface area contributed by atoms with Gasteiger partial charge in [0.25, 0.3) is 0 Å². The Labute approximate surface area is 113 Å². The van der Waals surface area contributed by atoms with Crippen LogP contribution in [0.5, 0.6) is 0 Å². The Hall–Kier alpha value is -1.45. The molecule has 1 saturated heterocycles. The number of thioether (sulfide) groups is 1. The number of carbonyl (C=O) groups is 1. The zero-order chi connectivity index (χ0) is 15.1. The number of anilines is 1. The van der Waals surface area contributed by atoms with E-state index in [-0.39, 0.29) is 11.6 Å². The Morgan fingerprint density at radius 1 is 1.05 bits per heavy atom. The molecular weight excluding hydrogens is 310 g/mol. The molecule has 0 radical (unpaired) electrons. The van der Waals surface area contributed by atoms with E-state index in [1.165, 1.54) is 0 Å². The van der Waals surface area contributed by atoms with E-state index in [9.17, 15) is 31.1 Å². The van der Waals surface area contributed by atoms with Crippen molar-refractivity contribution in [2.45, 2.75) is 12.4 Å². The first-order valence-electron chi connectivity index (χ1n) is 5.13. The average Bonchev–Trinajstić information content (AvgIpc) is 2.72. The maximum absolute atomic E-state index is 12.6. The van der Waals surface area contributed by atoms with Crippen LogP contribution in [0, 0.1) is 0 Å². The fourth-order valence-electron chi connectivity index (χ4n) is 1.56. The van der Waals surface area contributed by atoms with Crippen LogP contribution in [0.25, 0.3) is 0 Å². The Morgan fingerprint density at radius 3 is 1.90 bits per heavy atom. The lowest BCUT2D eigenvalue weighted by atomic mass is 10.2. The maximum atomic E-state index is 12.6. The van der Waals surface area contributed by atoms with Crippen molar-refractivity contribution in [1.82, 2.24) is 4.98 Å². The van der Waals surface area contributed by atoms with Crippen molar-refractivity contribution in [2.75, 3.05) is 16.5 Å². The summed E-state index contributed by atoms with van der Waals surface area (Å²) in [6, 6.07) is 0.887. The first-order valence-corrected chi connectivity index (χ1v) is 6.29. The minimum Gasteiger partial charge on any atom is -0.302 e. The van der Waals surface area contributed by atoms with Crippen molar-refractivity contribution in [3.63, 3.8) is 0 Å². The van der Waals surface area contributed by atoms with Gasteiger partial charge >= 0.3 is 12.4 Å². The van der Waals surface area contributed by atoms with Crippen LogP contribution in [-0.4, -0.2) is 22.5 Å². The minimum atomic E-state index is -5.02. The number of hydrogen-bond acceptors (Lipinski definition) is 3. The minimum absolute atomic E-state index is 0.0114. The van der Waals surface area contributed by atoms with Gasteiger partial charge in [0.1, 0.15) is 11.4 Å². The van der Waals surface area contributed by atoms with Crippen molar-refractivity contribution in [2.24, 2.45) is 0 Å². The molecule has 1 aliphatic heterocycles. The molecule has 1 fully saturated rings. The second-order valence-electron chi connectivity index (χ2n) is 3.89. The molecule has 0 bridgehead atoms. The van der Waals surface area contributed by atoms with E-state index in [1.807, 2.05) is 0 Å². The summed E-state index contributed by atoms with van der Waals surface area (Å²) in [4.78, 5) is 14.9. The standard InChI is InChI=1S/C10H6F6N2OS/c11-9(12,13)6-1-5(18-4-20-3-8(18)19)2-7(17-6)10(14,15)16/h1-2H,3-4H2. The lowest BCUT2D eigenvalue weighted by Crippen LogP contribution is -2.26. The zero-order valence-electron chi connectivity index (χ0n) is 9.55. The molecule has 2 rings (SSSR count). The number of hydrogen-bond donors (Lipinski definition) is 0. The molecule has 0 aliphatic carbocycles. The van der Waals surface area contributed by atoms with E-state index in [0.717, 1.165) is 16.7 Å². The molecule has 0 unspecified atom stereocenters. The summed E-state index contributed by atoms with van der Waals surface area (Å²) in [6.45, 7) is 0. The average molecular weight is 316 g/mol. The van der Waals surface area contributed by atoms with Crippen molar-refractivity contribution in [1.29, 1.82) is 0 Å². The van der Waals surface area contributed by atoms with Crippen LogP contribution in [0.15, 0.2) is 12.1 Å². The van der Waals surface area contributed by atoms with Crippen LogP contribution < -0.4 is 4.90 Å². The van der Waals surface area contributed by atoms with E-state index in [2.05, 4.69) is 4.98 Å². The summed E-state index contributed by atoms with van der Waals surface area (Å²) >= 11 is 1.11. The van der Waals surface area contributed by atoms with Crippen molar-refractivity contribution < 1.29 is 31.1 Å². The third-order valence-electron chi connectivity index (χ3n) is 2.45. The first-order chi connectivity index (χ1) is 9.09. The second kappa shape index (κ2) is 4.83. The lowest BCUT2D eigenvalue weighted by molar-refractivity contribution is -0.150. The third-order valence-corrected chi connectivity index (χ3v) is 3.34. The van der Waals surface area contributed by atoms with Gasteiger partial charge in [0.2, 0.25) is 5.91 Å². The molecule has 0 saturated carbocycles. The summed E-state index contributed by atoms with van der Waals surface area (Å²) in [5.74, 6) is -0.509. The van der Waals surface area contributed by atoms with E-state index >= 15 is 0 Å². The van der Waals surface area contributed by atoms with Gasteiger partial charge in [-0.05, 0) is 12.1 Å². The van der Waals surface area contributed by atoms with Crippen LogP contribution in [0.1, 0.15) is 11.4 Å². The number of aromatic nitrogens is 1. The summed E-state index contributed by atoms with van der Waals surface area (Å²) in [5, 5.41) is 0. The molecular formula is C10H6F6N2OS. The SMILES string of the molecule is O=C1CSCN1c1cc(C(F)(F)F)nc(C(F)(F)F)c1. The van der Waals surface area contributed by atoms with Gasteiger partial charge in [0.05, 0.1) is 11.6 Å². The quantitative estimate of drug-likeness (QED) is 0.746. The monoisotopic (exact) mass is 316 g/mol. The van der Waals surface area contributed by atoms with Gasteiger partial charge in [-0.15, -0.1) is 11.8 Å². The molecule has 2 heterocycles. The summed E-state index contributed by atoms with van der Waals surface area (Å²) in [7, 11) is 0. The molecule has 10 heteroatoms. The number of halogens is 6. The number of carbonyl (C=O) groups excluding carboxylic acids is 1. The van der Waals surface area contributed by atoms with E-state index in [0.29, 0.717) is 12.1 Å². The molecule has 0 spiro atoms. The van der Waals surface area contributed by atoms with Crippen molar-refractivity contribution >= 4 is 23.4 Å². The van der Waals surface area contributed by atoms with E-state index in [4.69, 9.17) is 0 Å². The van der Waals surface area contributed by atoms with Crippen molar-refractivity contribution in [3.05, 3.63) is 23.5 Å². The third kappa shape index (κ3) is 3.00. The molecule has 20 heavy (non-hydrogen) atoms. The molecule has 1 amide bonds. The normalized spacial score (nSPS) is 16.9. The molecule has 3 nitrogen and oxygen atoms in total.